The highest BCUT2D eigenvalue weighted by Gasteiger charge is 2.36. The van der Waals surface area contributed by atoms with E-state index in [1.807, 2.05) is 92.7 Å². The number of amides is 2. The van der Waals surface area contributed by atoms with Gasteiger partial charge in [0.05, 0.1) is 10.6 Å². The molecular formula is C34H37N3O4S. The van der Waals surface area contributed by atoms with Crippen molar-refractivity contribution in [3.63, 3.8) is 0 Å². The molecule has 1 aliphatic heterocycles. The van der Waals surface area contributed by atoms with Gasteiger partial charge in [-0.25, -0.2) is 8.42 Å². The maximum absolute atomic E-state index is 14.0. The molecule has 0 fully saturated rings. The molecule has 218 valence electrons. The lowest BCUT2D eigenvalue weighted by Crippen LogP contribution is -2.50. The van der Waals surface area contributed by atoms with Gasteiger partial charge < -0.3 is 10.2 Å². The van der Waals surface area contributed by atoms with Gasteiger partial charge in [0.25, 0.3) is 10.0 Å². The fourth-order valence-corrected chi connectivity index (χ4v) is 7.39. The normalized spacial score (nSPS) is 14.1. The number of hydrogen-bond acceptors (Lipinski definition) is 4. The number of hydrogen-bond donors (Lipinski definition) is 1. The maximum Gasteiger partial charge on any atom is 0.265 e. The van der Waals surface area contributed by atoms with Crippen LogP contribution in [0.1, 0.15) is 42.9 Å². The van der Waals surface area contributed by atoms with Crippen molar-refractivity contribution in [2.24, 2.45) is 0 Å². The lowest BCUT2D eigenvalue weighted by atomic mass is 10.0. The van der Waals surface area contributed by atoms with Crippen LogP contribution in [-0.2, 0) is 32.6 Å². The smallest absolute Gasteiger partial charge is 0.265 e. The van der Waals surface area contributed by atoms with Gasteiger partial charge >= 0.3 is 0 Å². The van der Waals surface area contributed by atoms with Crippen molar-refractivity contribution < 1.29 is 18.0 Å². The van der Waals surface area contributed by atoms with Gasteiger partial charge in [-0.15, -0.1) is 0 Å². The van der Waals surface area contributed by atoms with Crippen LogP contribution in [0.4, 0.5) is 5.69 Å². The predicted octanol–water partition coefficient (Wildman–Crippen LogP) is 5.60. The van der Waals surface area contributed by atoms with E-state index in [9.17, 15) is 18.0 Å². The molecule has 0 aliphatic carbocycles. The third-order valence-corrected chi connectivity index (χ3v) is 9.54. The minimum absolute atomic E-state index is 0.108. The quantitative estimate of drug-likeness (QED) is 0.235. The molecule has 0 aromatic heterocycles. The highest BCUT2D eigenvalue weighted by atomic mass is 32.2. The predicted molar refractivity (Wildman–Crippen MR) is 167 cm³/mol. The van der Waals surface area contributed by atoms with E-state index < -0.39 is 16.1 Å². The van der Waals surface area contributed by atoms with Crippen molar-refractivity contribution >= 4 is 38.3 Å². The highest BCUT2D eigenvalue weighted by molar-refractivity contribution is 7.93. The summed E-state index contributed by atoms with van der Waals surface area (Å²) in [7, 11) is -3.71. The molecule has 0 saturated heterocycles. The number of rotatable bonds is 12. The lowest BCUT2D eigenvalue weighted by Gasteiger charge is -2.32. The Morgan fingerprint density at radius 3 is 2.36 bits per heavy atom. The fourth-order valence-electron chi connectivity index (χ4n) is 5.64. The number of benzene rings is 4. The highest BCUT2D eigenvalue weighted by Crippen LogP contribution is 2.42. The summed E-state index contributed by atoms with van der Waals surface area (Å²) in [6, 6.07) is 27.8. The monoisotopic (exact) mass is 583 g/mol. The molecular weight excluding hydrogens is 546 g/mol. The van der Waals surface area contributed by atoms with E-state index in [-0.39, 0.29) is 31.3 Å². The summed E-state index contributed by atoms with van der Waals surface area (Å²) in [5.41, 5.74) is 3.62. The molecule has 5 rings (SSSR count). The van der Waals surface area contributed by atoms with Crippen LogP contribution >= 0.6 is 0 Å². The number of aryl methyl sites for hydroxylation is 1. The first-order valence-corrected chi connectivity index (χ1v) is 15.9. The topological polar surface area (TPSA) is 86.8 Å². The number of anilines is 1. The van der Waals surface area contributed by atoms with Gasteiger partial charge in [-0.2, -0.15) is 0 Å². The van der Waals surface area contributed by atoms with Gasteiger partial charge in [0, 0.05) is 37.9 Å². The minimum atomic E-state index is -3.71. The Balaban J connectivity index is 1.39. The van der Waals surface area contributed by atoms with Crippen LogP contribution in [0.5, 0.6) is 0 Å². The number of nitrogens with one attached hydrogen (secondary N) is 1. The molecule has 1 atom stereocenters. The van der Waals surface area contributed by atoms with E-state index >= 15 is 0 Å². The Morgan fingerprint density at radius 1 is 0.905 bits per heavy atom. The molecule has 8 heteroatoms. The molecule has 1 heterocycles. The first kappa shape index (κ1) is 29.3. The van der Waals surface area contributed by atoms with E-state index in [2.05, 4.69) is 5.32 Å². The summed E-state index contributed by atoms with van der Waals surface area (Å²) >= 11 is 0. The third kappa shape index (κ3) is 6.19. The van der Waals surface area contributed by atoms with Crippen molar-refractivity contribution in [3.05, 3.63) is 108 Å². The van der Waals surface area contributed by atoms with Crippen LogP contribution in [0.15, 0.2) is 95.9 Å². The van der Waals surface area contributed by atoms with Crippen LogP contribution in [0.25, 0.3) is 10.8 Å². The van der Waals surface area contributed by atoms with Crippen LogP contribution in [0.3, 0.4) is 0 Å². The zero-order valence-electron chi connectivity index (χ0n) is 24.1. The first-order valence-electron chi connectivity index (χ1n) is 14.5. The number of carbonyl (C=O) groups excluding carboxylic acids is 2. The molecule has 4 aromatic rings. The maximum atomic E-state index is 14.0. The first-order chi connectivity index (χ1) is 20.3. The standard InChI is InChI=1S/C34H37N3O4S/c1-3-20-35-34(39)30(23-26-12-5-4-6-13-26)36(24-27-14-7-11-25(2)22-27)32(38)19-10-21-37-29-17-8-15-28-16-9-18-31(33(28)29)42(37,40)41/h4-9,11-18,22,30H,3,10,19-21,23-24H2,1-2H3,(H,35,39)/t30-/m1/s1. The Morgan fingerprint density at radius 2 is 1.62 bits per heavy atom. The van der Waals surface area contributed by atoms with Gasteiger partial charge in [-0.3, -0.25) is 13.9 Å². The summed E-state index contributed by atoms with van der Waals surface area (Å²) in [5, 5.41) is 4.60. The molecule has 1 aliphatic rings. The van der Waals surface area contributed by atoms with Gasteiger partial charge in [-0.1, -0.05) is 91.3 Å². The summed E-state index contributed by atoms with van der Waals surface area (Å²) in [4.78, 5) is 29.5. The number of carbonyl (C=O) groups is 2. The van der Waals surface area contributed by atoms with Gasteiger partial charge in [0.1, 0.15) is 6.04 Å². The Hall–Kier alpha value is -4.17. The van der Waals surface area contributed by atoms with E-state index in [4.69, 9.17) is 0 Å². The molecule has 7 nitrogen and oxygen atoms in total. The van der Waals surface area contributed by atoms with Crippen molar-refractivity contribution in [1.82, 2.24) is 10.2 Å². The molecule has 0 unspecified atom stereocenters. The fraction of sp³-hybridized carbons (Fsp3) is 0.294. The SMILES string of the molecule is CCCNC(=O)[C@@H](Cc1ccccc1)N(Cc1cccc(C)c1)C(=O)CCCN1c2cccc3cccc(c23)S1(=O)=O. The van der Waals surface area contributed by atoms with Crippen LogP contribution in [-0.4, -0.2) is 44.3 Å². The van der Waals surface area contributed by atoms with Crippen LogP contribution in [0.2, 0.25) is 0 Å². The average Bonchev–Trinajstić information content (AvgIpc) is 3.21. The second kappa shape index (κ2) is 12.8. The molecule has 2 amide bonds. The summed E-state index contributed by atoms with van der Waals surface area (Å²) in [6.45, 7) is 4.97. The van der Waals surface area contributed by atoms with Crippen molar-refractivity contribution in [2.75, 3.05) is 17.4 Å². The Labute approximate surface area is 248 Å². The van der Waals surface area contributed by atoms with E-state index in [1.54, 1.807) is 17.0 Å². The van der Waals surface area contributed by atoms with Crippen LogP contribution < -0.4 is 9.62 Å². The molecule has 0 saturated carbocycles. The average molecular weight is 584 g/mol. The lowest BCUT2D eigenvalue weighted by molar-refractivity contribution is -0.141. The van der Waals surface area contributed by atoms with E-state index in [0.717, 1.165) is 33.9 Å². The van der Waals surface area contributed by atoms with Gasteiger partial charge in [-0.05, 0) is 48.4 Å². The molecule has 0 bridgehead atoms. The summed E-state index contributed by atoms with van der Waals surface area (Å²) in [5.74, 6) is -0.373. The van der Waals surface area contributed by atoms with Crippen LogP contribution in [0, 0.1) is 6.92 Å². The van der Waals surface area contributed by atoms with Crippen molar-refractivity contribution in [1.29, 1.82) is 0 Å². The van der Waals surface area contributed by atoms with E-state index in [0.29, 0.717) is 30.0 Å². The number of nitrogens with zero attached hydrogens (tertiary/aromatic N) is 2. The third-order valence-electron chi connectivity index (χ3n) is 7.69. The summed E-state index contributed by atoms with van der Waals surface area (Å²) in [6.07, 6.45) is 1.60. The zero-order chi connectivity index (χ0) is 29.7. The number of sulfonamides is 1. The van der Waals surface area contributed by atoms with Gasteiger partial charge in [0.2, 0.25) is 11.8 Å². The Bertz CT molecular complexity index is 1680. The zero-order valence-corrected chi connectivity index (χ0v) is 24.9. The van der Waals surface area contributed by atoms with Crippen molar-refractivity contribution in [2.45, 2.75) is 57.0 Å². The minimum Gasteiger partial charge on any atom is -0.354 e. The van der Waals surface area contributed by atoms with Crippen molar-refractivity contribution in [3.8, 4) is 0 Å². The van der Waals surface area contributed by atoms with Gasteiger partial charge in [0.15, 0.2) is 0 Å². The Kier molecular flexibility index (Phi) is 8.92. The largest absolute Gasteiger partial charge is 0.354 e. The van der Waals surface area contributed by atoms with E-state index in [1.165, 1.54) is 4.31 Å². The molecule has 0 radical (unpaired) electrons. The summed E-state index contributed by atoms with van der Waals surface area (Å²) < 4.78 is 28.3. The molecule has 4 aromatic carbocycles. The second-order valence-corrected chi connectivity index (χ2v) is 12.7. The molecule has 42 heavy (non-hydrogen) atoms. The molecule has 0 spiro atoms. The molecule has 1 N–H and O–H groups in total. The second-order valence-electron chi connectivity index (χ2n) is 10.8.